The molecule has 0 spiro atoms. The average molecular weight is 276 g/mol. The molecule has 0 amide bonds. The number of rotatable bonds is 7. The van der Waals surface area contributed by atoms with Crippen molar-refractivity contribution in [2.75, 3.05) is 25.5 Å². The first kappa shape index (κ1) is 14.7. The van der Waals surface area contributed by atoms with Crippen molar-refractivity contribution in [3.63, 3.8) is 0 Å². The summed E-state index contributed by atoms with van der Waals surface area (Å²) in [5.74, 6) is 0. The summed E-state index contributed by atoms with van der Waals surface area (Å²) in [6.07, 6.45) is 3.66. The van der Waals surface area contributed by atoms with Gasteiger partial charge in [0.25, 0.3) is 0 Å². The first-order chi connectivity index (χ1) is 9.69. The number of aromatic nitrogens is 4. The van der Waals surface area contributed by atoms with E-state index in [1.54, 1.807) is 10.8 Å². The third-order valence-corrected chi connectivity index (χ3v) is 3.80. The van der Waals surface area contributed by atoms with Gasteiger partial charge >= 0.3 is 0 Å². The van der Waals surface area contributed by atoms with Crippen LogP contribution >= 0.6 is 0 Å². The molecule has 0 saturated carbocycles. The Morgan fingerprint density at radius 3 is 2.80 bits per heavy atom. The highest BCUT2D eigenvalue weighted by Gasteiger charge is 2.13. The summed E-state index contributed by atoms with van der Waals surface area (Å²) >= 11 is 0. The first-order valence-electron chi connectivity index (χ1n) is 7.33. The molecule has 6 nitrogen and oxygen atoms in total. The number of nitrogens with zero attached hydrogens (tertiary/aromatic N) is 5. The Hall–Kier alpha value is -1.69. The minimum atomic E-state index is 0.515. The maximum atomic E-state index is 4.45. The molecule has 0 aliphatic carbocycles. The summed E-state index contributed by atoms with van der Waals surface area (Å²) in [6.45, 7) is 8.45. The van der Waals surface area contributed by atoms with Crippen LogP contribution in [-0.4, -0.2) is 50.9 Å². The fourth-order valence-electron chi connectivity index (χ4n) is 2.28. The second-order valence-corrected chi connectivity index (χ2v) is 5.02. The molecule has 6 heteroatoms. The van der Waals surface area contributed by atoms with Crippen LogP contribution in [0.4, 0.5) is 5.69 Å². The number of likely N-dealkylation sites (N-methyl/N-ethyl adjacent to an activating group) is 1. The lowest BCUT2D eigenvalue weighted by Gasteiger charge is -2.26. The largest absolute Gasteiger partial charge is 0.380 e. The SMILES string of the molecule is CCc1cc(NCC(CC)N(C)CC)c2nncn2n1. The third kappa shape index (κ3) is 3.07. The molecule has 2 rings (SSSR count). The Kier molecular flexibility index (Phi) is 4.89. The molecule has 2 heterocycles. The summed E-state index contributed by atoms with van der Waals surface area (Å²) in [5.41, 5.74) is 2.84. The third-order valence-electron chi connectivity index (χ3n) is 3.80. The standard InChI is InChI=1S/C14H24N6/c1-5-11-8-13(14-17-16-10-20(14)18-11)15-9-12(6-2)19(4)7-3/h8,10,12,15H,5-7,9H2,1-4H3. The van der Waals surface area contributed by atoms with Gasteiger partial charge in [-0.15, -0.1) is 10.2 Å². The summed E-state index contributed by atoms with van der Waals surface area (Å²) in [4.78, 5) is 2.36. The second-order valence-electron chi connectivity index (χ2n) is 5.02. The molecule has 0 bridgehead atoms. The average Bonchev–Trinajstić information content (AvgIpc) is 2.95. The summed E-state index contributed by atoms with van der Waals surface area (Å²) < 4.78 is 1.74. The van der Waals surface area contributed by atoms with E-state index in [0.717, 1.165) is 43.0 Å². The predicted octanol–water partition coefficient (Wildman–Crippen LogP) is 1.83. The van der Waals surface area contributed by atoms with Crippen molar-refractivity contribution in [3.8, 4) is 0 Å². The number of nitrogens with one attached hydrogen (secondary N) is 1. The summed E-state index contributed by atoms with van der Waals surface area (Å²) in [6, 6.07) is 2.59. The highest BCUT2D eigenvalue weighted by atomic mass is 15.3. The van der Waals surface area contributed by atoms with Crippen LogP contribution in [0.1, 0.15) is 32.9 Å². The van der Waals surface area contributed by atoms with Gasteiger partial charge in [0.05, 0.1) is 11.4 Å². The zero-order chi connectivity index (χ0) is 14.5. The Bertz CT molecular complexity index is 550. The molecule has 1 atom stereocenters. The highest BCUT2D eigenvalue weighted by Crippen LogP contribution is 2.16. The van der Waals surface area contributed by atoms with Gasteiger partial charge in [0, 0.05) is 12.6 Å². The van der Waals surface area contributed by atoms with Crippen molar-refractivity contribution < 1.29 is 0 Å². The van der Waals surface area contributed by atoms with Gasteiger partial charge < -0.3 is 10.2 Å². The van der Waals surface area contributed by atoms with Gasteiger partial charge in [-0.3, -0.25) is 0 Å². The Balaban J connectivity index is 2.18. The minimum absolute atomic E-state index is 0.515. The van der Waals surface area contributed by atoms with E-state index in [4.69, 9.17) is 0 Å². The van der Waals surface area contributed by atoms with Crippen molar-refractivity contribution in [3.05, 3.63) is 18.1 Å². The predicted molar refractivity (Wildman–Crippen MR) is 81.0 cm³/mol. The quantitative estimate of drug-likeness (QED) is 0.836. The topological polar surface area (TPSA) is 58.3 Å². The molecule has 20 heavy (non-hydrogen) atoms. The minimum Gasteiger partial charge on any atom is -0.380 e. The van der Waals surface area contributed by atoms with Crippen LogP contribution in [0.15, 0.2) is 12.4 Å². The maximum Gasteiger partial charge on any atom is 0.200 e. The van der Waals surface area contributed by atoms with Crippen LogP contribution < -0.4 is 5.32 Å². The van der Waals surface area contributed by atoms with Crippen LogP contribution in [0.5, 0.6) is 0 Å². The van der Waals surface area contributed by atoms with Gasteiger partial charge in [-0.2, -0.15) is 9.61 Å². The molecule has 0 aromatic carbocycles. The zero-order valence-corrected chi connectivity index (χ0v) is 12.8. The van der Waals surface area contributed by atoms with Gasteiger partial charge in [-0.25, -0.2) is 0 Å². The molecule has 0 aliphatic heterocycles. The van der Waals surface area contributed by atoms with Gasteiger partial charge in [-0.05, 0) is 32.5 Å². The Morgan fingerprint density at radius 2 is 2.15 bits per heavy atom. The summed E-state index contributed by atoms with van der Waals surface area (Å²) in [7, 11) is 2.16. The van der Waals surface area contributed by atoms with Gasteiger partial charge in [0.2, 0.25) is 5.65 Å². The number of anilines is 1. The van der Waals surface area contributed by atoms with E-state index < -0.39 is 0 Å². The van der Waals surface area contributed by atoms with E-state index in [-0.39, 0.29) is 0 Å². The molecule has 0 radical (unpaired) electrons. The molecule has 0 aliphatic rings. The zero-order valence-electron chi connectivity index (χ0n) is 12.8. The van der Waals surface area contributed by atoms with Gasteiger partial charge in [-0.1, -0.05) is 20.8 Å². The van der Waals surface area contributed by atoms with Crippen molar-refractivity contribution in [2.45, 2.75) is 39.7 Å². The van der Waals surface area contributed by atoms with Gasteiger partial charge in [0.1, 0.15) is 6.33 Å². The highest BCUT2D eigenvalue weighted by molar-refractivity contribution is 5.66. The normalized spacial score (nSPS) is 13.1. The van der Waals surface area contributed by atoms with Crippen molar-refractivity contribution >= 4 is 11.3 Å². The molecule has 1 N–H and O–H groups in total. The molecule has 0 fully saturated rings. The molecular formula is C14H24N6. The number of hydrogen-bond donors (Lipinski definition) is 1. The van der Waals surface area contributed by atoms with E-state index in [9.17, 15) is 0 Å². The van der Waals surface area contributed by atoms with Crippen LogP contribution in [0, 0.1) is 0 Å². The number of hydrogen-bond acceptors (Lipinski definition) is 5. The van der Waals surface area contributed by atoms with Gasteiger partial charge in [0.15, 0.2) is 0 Å². The smallest absolute Gasteiger partial charge is 0.200 e. The van der Waals surface area contributed by atoms with Crippen molar-refractivity contribution in [1.29, 1.82) is 0 Å². The molecule has 110 valence electrons. The monoisotopic (exact) mass is 276 g/mol. The fourth-order valence-corrected chi connectivity index (χ4v) is 2.28. The maximum absolute atomic E-state index is 4.45. The lowest BCUT2D eigenvalue weighted by Crippen LogP contribution is -2.36. The van der Waals surface area contributed by atoms with Crippen LogP contribution in [0.2, 0.25) is 0 Å². The molecule has 1 unspecified atom stereocenters. The van der Waals surface area contributed by atoms with E-state index >= 15 is 0 Å². The lowest BCUT2D eigenvalue weighted by molar-refractivity contribution is 0.258. The fraction of sp³-hybridized carbons (Fsp3) is 0.643. The van der Waals surface area contributed by atoms with Crippen LogP contribution in [0.3, 0.4) is 0 Å². The molecule has 2 aromatic heterocycles. The van der Waals surface area contributed by atoms with E-state index in [1.807, 2.05) is 0 Å². The lowest BCUT2D eigenvalue weighted by atomic mass is 10.2. The number of fused-ring (bicyclic) bond motifs is 1. The summed E-state index contributed by atoms with van der Waals surface area (Å²) in [5, 5.41) is 16.0. The van der Waals surface area contributed by atoms with E-state index in [1.165, 1.54) is 0 Å². The second kappa shape index (κ2) is 6.65. The Labute approximate surface area is 120 Å². The van der Waals surface area contributed by atoms with Crippen molar-refractivity contribution in [2.24, 2.45) is 0 Å². The first-order valence-corrected chi connectivity index (χ1v) is 7.33. The van der Waals surface area contributed by atoms with E-state index in [2.05, 4.69) is 59.4 Å². The van der Waals surface area contributed by atoms with Crippen LogP contribution in [-0.2, 0) is 6.42 Å². The molecule has 2 aromatic rings. The Morgan fingerprint density at radius 1 is 1.35 bits per heavy atom. The number of aryl methyl sites for hydroxylation is 1. The molecular weight excluding hydrogens is 252 g/mol. The van der Waals surface area contributed by atoms with E-state index in [0.29, 0.717) is 6.04 Å². The van der Waals surface area contributed by atoms with Crippen molar-refractivity contribution in [1.82, 2.24) is 24.7 Å². The van der Waals surface area contributed by atoms with Crippen LogP contribution in [0.25, 0.3) is 5.65 Å². The molecule has 0 saturated heterocycles.